The molecule has 68 valence electrons. The van der Waals surface area contributed by atoms with Crippen molar-refractivity contribution in [3.63, 3.8) is 0 Å². The molecule has 1 atom stereocenters. The van der Waals surface area contributed by atoms with Crippen LogP contribution in [-0.2, 0) is 9.53 Å². The van der Waals surface area contributed by atoms with Crippen molar-refractivity contribution >= 4 is 5.97 Å². The van der Waals surface area contributed by atoms with Gasteiger partial charge < -0.3 is 4.74 Å². The highest BCUT2D eigenvalue weighted by atomic mass is 16.5. The molecule has 2 nitrogen and oxygen atoms in total. The maximum atomic E-state index is 11.0. The molecule has 0 radical (unpaired) electrons. The summed E-state index contributed by atoms with van der Waals surface area (Å²) in [7, 11) is 1.41. The molecule has 1 rings (SSSR count). The molecule has 0 N–H and O–H groups in total. The minimum Gasteiger partial charge on any atom is -0.466 e. The van der Waals surface area contributed by atoms with E-state index in [1.807, 2.05) is 6.08 Å². The Labute approximate surface area is 73.6 Å². The van der Waals surface area contributed by atoms with E-state index in [4.69, 9.17) is 0 Å². The average molecular weight is 168 g/mol. The number of hydrogen-bond acceptors (Lipinski definition) is 2. The highest BCUT2D eigenvalue weighted by Gasteiger charge is 2.44. The molecule has 12 heavy (non-hydrogen) atoms. The fourth-order valence-corrected chi connectivity index (χ4v) is 1.32. The third kappa shape index (κ3) is 1.87. The zero-order chi connectivity index (χ0) is 9.35. The number of allylic oxidation sites excluding steroid dienone is 1. The Kier molecular flexibility index (Phi) is 2.27. The van der Waals surface area contributed by atoms with Crippen LogP contribution in [0, 0.1) is 11.3 Å². The molecule has 0 aliphatic heterocycles. The summed E-state index contributed by atoms with van der Waals surface area (Å²) in [6.45, 7) is 6.22. The van der Waals surface area contributed by atoms with Crippen LogP contribution in [0.4, 0.5) is 0 Å². The first-order valence-electron chi connectivity index (χ1n) is 4.24. The van der Waals surface area contributed by atoms with E-state index in [1.165, 1.54) is 13.5 Å². The van der Waals surface area contributed by atoms with Crippen LogP contribution in [0.2, 0.25) is 0 Å². The summed E-state index contributed by atoms with van der Waals surface area (Å²) in [6.07, 6.45) is 3.20. The molecular formula is C10H16O2. The van der Waals surface area contributed by atoms with E-state index < -0.39 is 0 Å². The largest absolute Gasteiger partial charge is 0.466 e. The van der Waals surface area contributed by atoms with Crippen LogP contribution in [0.1, 0.15) is 27.2 Å². The lowest BCUT2D eigenvalue weighted by Crippen LogP contribution is -2.02. The lowest BCUT2D eigenvalue weighted by Gasteiger charge is -2.00. The van der Waals surface area contributed by atoms with Crippen molar-refractivity contribution in [1.29, 1.82) is 0 Å². The van der Waals surface area contributed by atoms with Crippen LogP contribution in [0.5, 0.6) is 0 Å². The van der Waals surface area contributed by atoms with Gasteiger partial charge in [0.15, 0.2) is 0 Å². The normalized spacial score (nSPS) is 26.7. The number of carbonyl (C=O) groups is 1. The van der Waals surface area contributed by atoms with Gasteiger partial charge in [-0.25, -0.2) is 4.79 Å². The molecule has 0 aromatic heterocycles. The van der Waals surface area contributed by atoms with Gasteiger partial charge in [-0.2, -0.15) is 0 Å². The fourth-order valence-electron chi connectivity index (χ4n) is 1.32. The summed E-state index contributed by atoms with van der Waals surface area (Å²) >= 11 is 0. The maximum Gasteiger partial charge on any atom is 0.333 e. The average Bonchev–Trinajstić information content (AvgIpc) is 2.57. The van der Waals surface area contributed by atoms with Crippen molar-refractivity contribution in [3.8, 4) is 0 Å². The van der Waals surface area contributed by atoms with Crippen molar-refractivity contribution in [2.24, 2.45) is 11.3 Å². The molecule has 0 spiro atoms. The second-order valence-corrected chi connectivity index (χ2v) is 4.14. The summed E-state index contributed by atoms with van der Waals surface area (Å²) in [5.74, 6) is 0.356. The Hall–Kier alpha value is -0.790. The number of rotatable bonds is 2. The molecule has 0 aromatic rings. The zero-order valence-corrected chi connectivity index (χ0v) is 8.18. The second kappa shape index (κ2) is 2.92. The minimum atomic E-state index is -0.210. The van der Waals surface area contributed by atoms with Gasteiger partial charge in [-0.15, -0.1) is 0 Å². The highest BCUT2D eigenvalue weighted by Crippen LogP contribution is 2.52. The molecule has 0 heterocycles. The molecule has 1 saturated carbocycles. The van der Waals surface area contributed by atoms with Crippen LogP contribution >= 0.6 is 0 Å². The van der Waals surface area contributed by atoms with Gasteiger partial charge in [0.25, 0.3) is 0 Å². The van der Waals surface area contributed by atoms with Gasteiger partial charge in [0, 0.05) is 5.57 Å². The Morgan fingerprint density at radius 3 is 2.42 bits per heavy atom. The fraction of sp³-hybridized carbons (Fsp3) is 0.700. The third-order valence-electron chi connectivity index (χ3n) is 2.55. The Morgan fingerprint density at radius 2 is 2.08 bits per heavy atom. The number of carbonyl (C=O) groups excluding carboxylic acids is 1. The zero-order valence-electron chi connectivity index (χ0n) is 8.18. The molecule has 0 amide bonds. The van der Waals surface area contributed by atoms with Gasteiger partial charge in [-0.3, -0.25) is 0 Å². The predicted octanol–water partition coefficient (Wildman–Crippen LogP) is 2.15. The summed E-state index contributed by atoms with van der Waals surface area (Å²) in [6, 6.07) is 0. The molecule has 1 aliphatic rings. The predicted molar refractivity (Wildman–Crippen MR) is 47.7 cm³/mol. The van der Waals surface area contributed by atoms with E-state index >= 15 is 0 Å². The molecular weight excluding hydrogens is 152 g/mol. The molecule has 1 unspecified atom stereocenters. The summed E-state index contributed by atoms with van der Waals surface area (Å²) in [5, 5.41) is 0. The lowest BCUT2D eigenvalue weighted by molar-refractivity contribution is -0.136. The smallest absolute Gasteiger partial charge is 0.333 e. The second-order valence-electron chi connectivity index (χ2n) is 4.14. The van der Waals surface area contributed by atoms with E-state index in [1.54, 1.807) is 6.92 Å². The Morgan fingerprint density at radius 1 is 1.58 bits per heavy atom. The summed E-state index contributed by atoms with van der Waals surface area (Å²) in [5.41, 5.74) is 1.13. The number of ether oxygens (including phenoxy) is 1. The van der Waals surface area contributed by atoms with Gasteiger partial charge >= 0.3 is 5.97 Å². The monoisotopic (exact) mass is 168 g/mol. The van der Waals surface area contributed by atoms with Crippen LogP contribution in [0.15, 0.2) is 11.6 Å². The molecule has 0 bridgehead atoms. The van der Waals surface area contributed by atoms with E-state index in [2.05, 4.69) is 18.6 Å². The van der Waals surface area contributed by atoms with E-state index in [9.17, 15) is 4.79 Å². The van der Waals surface area contributed by atoms with E-state index in [0.717, 1.165) is 5.57 Å². The number of hydrogen-bond donors (Lipinski definition) is 0. The number of methoxy groups -OCH3 is 1. The third-order valence-corrected chi connectivity index (χ3v) is 2.55. The van der Waals surface area contributed by atoms with Gasteiger partial charge in [0.1, 0.15) is 0 Å². The van der Waals surface area contributed by atoms with Crippen molar-refractivity contribution in [2.45, 2.75) is 27.2 Å². The Bertz CT molecular complexity index is 226. The van der Waals surface area contributed by atoms with Gasteiger partial charge in [-0.05, 0) is 24.7 Å². The van der Waals surface area contributed by atoms with E-state index in [-0.39, 0.29) is 5.97 Å². The maximum absolute atomic E-state index is 11.0. The van der Waals surface area contributed by atoms with Gasteiger partial charge in [-0.1, -0.05) is 19.9 Å². The van der Waals surface area contributed by atoms with Crippen LogP contribution < -0.4 is 0 Å². The van der Waals surface area contributed by atoms with Crippen LogP contribution in [0.3, 0.4) is 0 Å². The topological polar surface area (TPSA) is 26.3 Å². The van der Waals surface area contributed by atoms with Crippen molar-refractivity contribution in [1.82, 2.24) is 0 Å². The quantitative estimate of drug-likeness (QED) is 0.466. The molecule has 0 saturated heterocycles. The first-order valence-corrected chi connectivity index (χ1v) is 4.24. The Balaban J connectivity index is 2.54. The number of esters is 1. The van der Waals surface area contributed by atoms with Gasteiger partial charge in [0.05, 0.1) is 7.11 Å². The van der Waals surface area contributed by atoms with Crippen molar-refractivity contribution in [3.05, 3.63) is 11.6 Å². The molecule has 2 heteroatoms. The van der Waals surface area contributed by atoms with Crippen LogP contribution in [0.25, 0.3) is 0 Å². The SMILES string of the molecule is COC(=O)/C(C)=C/C1CC1(C)C. The van der Waals surface area contributed by atoms with Crippen LogP contribution in [-0.4, -0.2) is 13.1 Å². The highest BCUT2D eigenvalue weighted by molar-refractivity contribution is 5.87. The lowest BCUT2D eigenvalue weighted by atomic mass is 10.1. The molecule has 1 aliphatic carbocycles. The molecule has 0 aromatic carbocycles. The minimum absolute atomic E-state index is 0.210. The van der Waals surface area contributed by atoms with Gasteiger partial charge in [0.2, 0.25) is 0 Å². The van der Waals surface area contributed by atoms with E-state index in [0.29, 0.717) is 11.3 Å². The summed E-state index contributed by atoms with van der Waals surface area (Å²) < 4.78 is 4.60. The summed E-state index contributed by atoms with van der Waals surface area (Å²) in [4.78, 5) is 11.0. The first kappa shape index (κ1) is 9.30. The van der Waals surface area contributed by atoms with Crippen molar-refractivity contribution < 1.29 is 9.53 Å². The van der Waals surface area contributed by atoms with Crippen molar-refractivity contribution in [2.75, 3.05) is 7.11 Å². The standard InChI is InChI=1S/C10H16O2/c1-7(9(11)12-4)5-8-6-10(8,2)3/h5,8H,6H2,1-4H3/b7-5+. The molecule has 1 fully saturated rings. The first-order chi connectivity index (χ1) is 5.47.